The predicted octanol–water partition coefficient (Wildman–Crippen LogP) is 5.28. The van der Waals surface area contributed by atoms with Gasteiger partial charge in [0, 0.05) is 22.2 Å². The molecule has 0 saturated carbocycles. The van der Waals surface area contributed by atoms with Crippen LogP contribution in [0.4, 0.5) is 5.69 Å². The van der Waals surface area contributed by atoms with Gasteiger partial charge in [-0.3, -0.25) is 9.59 Å². The number of carbonyl (C=O) groups excluding carboxylic acids is 2. The number of carbonyl (C=O) groups is 2. The van der Waals surface area contributed by atoms with Gasteiger partial charge in [0.05, 0.1) is 26.3 Å². The average molecular weight is 499 g/mol. The molecule has 0 spiro atoms. The highest BCUT2D eigenvalue weighted by molar-refractivity contribution is 6.30. The molecule has 5 rings (SSSR count). The molecule has 3 aromatic rings. The molecular formula is C29H23ClN2O4. The Bertz CT molecular complexity index is 1390. The molecule has 0 aliphatic carbocycles. The summed E-state index contributed by atoms with van der Waals surface area (Å²) in [6.07, 6.45) is 3.72. The summed E-state index contributed by atoms with van der Waals surface area (Å²) in [5.74, 6) is -1.11. The summed E-state index contributed by atoms with van der Waals surface area (Å²) in [6, 6.07) is 22.1. The number of Topliss-reactive ketones (excluding diaryl/α,β-unsaturated/α-hetero) is 1. The van der Waals surface area contributed by atoms with E-state index >= 15 is 0 Å². The molecule has 3 aromatic carbocycles. The molecule has 0 radical (unpaired) electrons. The van der Waals surface area contributed by atoms with Gasteiger partial charge in [-0.2, -0.15) is 5.26 Å². The minimum absolute atomic E-state index is 0.219. The number of anilines is 1. The van der Waals surface area contributed by atoms with Gasteiger partial charge in [-0.25, -0.2) is 0 Å². The molecule has 0 aromatic heterocycles. The van der Waals surface area contributed by atoms with Crippen LogP contribution in [0.25, 0.3) is 6.08 Å². The van der Waals surface area contributed by atoms with Crippen molar-refractivity contribution in [1.82, 2.24) is 0 Å². The number of fused-ring (bicyclic) bond motifs is 3. The van der Waals surface area contributed by atoms with Crippen molar-refractivity contribution >= 4 is 35.1 Å². The van der Waals surface area contributed by atoms with Crippen LogP contribution in [0.1, 0.15) is 27.4 Å². The third-order valence-corrected chi connectivity index (χ3v) is 7.38. The first kappa shape index (κ1) is 23.7. The number of halogens is 1. The first-order valence-electron chi connectivity index (χ1n) is 11.4. The summed E-state index contributed by atoms with van der Waals surface area (Å²) in [6.45, 7) is 0. The van der Waals surface area contributed by atoms with E-state index in [0.29, 0.717) is 21.9 Å². The van der Waals surface area contributed by atoms with Crippen LogP contribution in [0.15, 0.2) is 78.9 Å². The number of ether oxygens (including phenoxy) is 2. The molecule has 4 atom stereocenters. The van der Waals surface area contributed by atoms with Crippen LogP contribution in [0.2, 0.25) is 5.02 Å². The van der Waals surface area contributed by atoms with Crippen molar-refractivity contribution in [2.24, 2.45) is 5.41 Å². The van der Waals surface area contributed by atoms with Crippen LogP contribution in [0.3, 0.4) is 0 Å². The maximum atomic E-state index is 14.2. The number of methoxy groups -OCH3 is 2. The molecule has 1 fully saturated rings. The Kier molecular flexibility index (Phi) is 6.03. The van der Waals surface area contributed by atoms with Crippen LogP contribution >= 0.6 is 11.6 Å². The van der Waals surface area contributed by atoms with E-state index in [-0.39, 0.29) is 5.78 Å². The number of ketones is 1. The van der Waals surface area contributed by atoms with Crippen LogP contribution < -0.4 is 9.64 Å². The van der Waals surface area contributed by atoms with Crippen molar-refractivity contribution in [3.05, 3.63) is 101 Å². The minimum atomic E-state index is -1.68. The Balaban J connectivity index is 1.79. The first-order chi connectivity index (χ1) is 17.5. The van der Waals surface area contributed by atoms with E-state index in [0.717, 1.165) is 11.3 Å². The molecule has 2 heterocycles. The van der Waals surface area contributed by atoms with Crippen LogP contribution in [0, 0.1) is 16.7 Å². The van der Waals surface area contributed by atoms with Gasteiger partial charge in [0.25, 0.3) is 0 Å². The summed E-state index contributed by atoms with van der Waals surface area (Å²) < 4.78 is 10.6. The number of hydrogen-bond donors (Lipinski definition) is 0. The molecule has 180 valence electrons. The zero-order valence-corrected chi connectivity index (χ0v) is 20.5. The molecular weight excluding hydrogens is 476 g/mol. The van der Waals surface area contributed by atoms with Crippen molar-refractivity contribution in [2.45, 2.75) is 18.0 Å². The zero-order valence-electron chi connectivity index (χ0n) is 19.7. The van der Waals surface area contributed by atoms with E-state index in [4.69, 9.17) is 21.1 Å². The van der Waals surface area contributed by atoms with Gasteiger partial charge in [0.2, 0.25) is 0 Å². The van der Waals surface area contributed by atoms with E-state index < -0.39 is 29.4 Å². The summed E-state index contributed by atoms with van der Waals surface area (Å²) in [4.78, 5) is 29.7. The standard InChI is InChI=1S/C29H23ClN2O4/c1-35-22-14-9-19(10-15-22)25-26(27(33)20-7-12-21(30)13-8-20)32-23-6-4-3-5-18(23)11-16-24(32)29(25,17-31)28(34)36-2/h3-16,24-26H,1-2H3/t24-,25+,26+,29-/m1/s1. The van der Waals surface area contributed by atoms with Crippen LogP contribution in [-0.4, -0.2) is 38.1 Å². The third kappa shape index (κ3) is 3.47. The van der Waals surface area contributed by atoms with Gasteiger partial charge in [0.1, 0.15) is 11.8 Å². The van der Waals surface area contributed by atoms with Crippen molar-refractivity contribution in [3.8, 4) is 11.8 Å². The average Bonchev–Trinajstić information content (AvgIpc) is 3.24. The highest BCUT2D eigenvalue weighted by Crippen LogP contribution is 2.56. The molecule has 36 heavy (non-hydrogen) atoms. The van der Waals surface area contributed by atoms with Crippen molar-refractivity contribution in [2.75, 3.05) is 19.1 Å². The Hall–Kier alpha value is -4.08. The Morgan fingerprint density at radius 1 is 1.00 bits per heavy atom. The fourth-order valence-corrected chi connectivity index (χ4v) is 5.63. The topological polar surface area (TPSA) is 79.6 Å². The van der Waals surface area contributed by atoms with Gasteiger partial charge >= 0.3 is 5.97 Å². The van der Waals surface area contributed by atoms with Gasteiger partial charge in [0.15, 0.2) is 11.2 Å². The maximum absolute atomic E-state index is 14.2. The Morgan fingerprint density at radius 2 is 1.69 bits per heavy atom. The minimum Gasteiger partial charge on any atom is -0.497 e. The number of benzene rings is 3. The maximum Gasteiger partial charge on any atom is 0.329 e. The molecule has 7 heteroatoms. The largest absolute Gasteiger partial charge is 0.497 e. The molecule has 0 N–H and O–H groups in total. The lowest BCUT2D eigenvalue weighted by molar-refractivity contribution is -0.150. The second-order valence-corrected chi connectivity index (χ2v) is 9.25. The van der Waals surface area contributed by atoms with Gasteiger partial charge in [-0.1, -0.05) is 54.1 Å². The van der Waals surface area contributed by atoms with E-state index in [1.807, 2.05) is 41.3 Å². The van der Waals surface area contributed by atoms with Gasteiger partial charge < -0.3 is 14.4 Å². The number of esters is 1. The molecule has 0 amide bonds. The van der Waals surface area contributed by atoms with Crippen molar-refractivity contribution < 1.29 is 19.1 Å². The van der Waals surface area contributed by atoms with Crippen LogP contribution in [0.5, 0.6) is 5.75 Å². The Morgan fingerprint density at radius 3 is 2.33 bits per heavy atom. The highest BCUT2D eigenvalue weighted by Gasteiger charge is 2.67. The summed E-state index contributed by atoms with van der Waals surface area (Å²) in [7, 11) is 2.83. The van der Waals surface area contributed by atoms with Crippen molar-refractivity contribution in [1.29, 1.82) is 5.26 Å². The predicted molar refractivity (Wildman–Crippen MR) is 137 cm³/mol. The molecule has 6 nitrogen and oxygen atoms in total. The Labute approximate surface area is 214 Å². The zero-order chi connectivity index (χ0) is 25.4. The second-order valence-electron chi connectivity index (χ2n) is 8.81. The van der Waals surface area contributed by atoms with E-state index in [1.54, 1.807) is 55.6 Å². The fourth-order valence-electron chi connectivity index (χ4n) is 5.51. The molecule has 2 aliphatic rings. The van der Waals surface area contributed by atoms with Gasteiger partial charge in [-0.05, 0) is 53.6 Å². The van der Waals surface area contributed by atoms with Crippen LogP contribution in [-0.2, 0) is 9.53 Å². The lowest BCUT2D eigenvalue weighted by atomic mass is 9.68. The molecule has 0 unspecified atom stereocenters. The lowest BCUT2D eigenvalue weighted by Gasteiger charge is -2.36. The number of rotatable bonds is 5. The highest BCUT2D eigenvalue weighted by atomic mass is 35.5. The third-order valence-electron chi connectivity index (χ3n) is 7.13. The smallest absolute Gasteiger partial charge is 0.329 e. The molecule has 0 bridgehead atoms. The monoisotopic (exact) mass is 498 g/mol. The van der Waals surface area contributed by atoms with Gasteiger partial charge in [-0.15, -0.1) is 0 Å². The summed E-state index contributed by atoms with van der Waals surface area (Å²) >= 11 is 6.09. The second kappa shape index (κ2) is 9.18. The molecule has 1 saturated heterocycles. The summed E-state index contributed by atoms with van der Waals surface area (Å²) in [5, 5.41) is 11.2. The van der Waals surface area contributed by atoms with E-state index in [2.05, 4.69) is 6.07 Å². The first-order valence-corrected chi connectivity index (χ1v) is 11.8. The normalized spacial score (nSPS) is 23.8. The van der Waals surface area contributed by atoms with Crippen molar-refractivity contribution in [3.63, 3.8) is 0 Å². The number of nitriles is 1. The van der Waals surface area contributed by atoms with E-state index in [1.165, 1.54) is 7.11 Å². The SMILES string of the molecule is COC(=O)[C@@]1(C#N)[C@@H](c2ccc(OC)cc2)[C@@H](C(=O)c2ccc(Cl)cc2)N2c3ccccc3C=C[C@@H]21. The number of para-hydroxylation sites is 1. The lowest BCUT2D eigenvalue weighted by Crippen LogP contribution is -2.46. The number of nitrogens with zero attached hydrogens (tertiary/aromatic N) is 2. The molecule has 2 aliphatic heterocycles. The quantitative estimate of drug-likeness (QED) is 0.351. The van der Waals surface area contributed by atoms with E-state index in [9.17, 15) is 14.9 Å². The number of hydrogen-bond acceptors (Lipinski definition) is 6. The fraction of sp³-hybridized carbons (Fsp3) is 0.207. The summed E-state index contributed by atoms with van der Waals surface area (Å²) in [5.41, 5.74) is 1.09.